The van der Waals surface area contributed by atoms with Gasteiger partial charge in [0.2, 0.25) is 5.91 Å². The first-order valence-corrected chi connectivity index (χ1v) is 6.00. The van der Waals surface area contributed by atoms with Crippen LogP contribution in [0.25, 0.3) is 0 Å². The van der Waals surface area contributed by atoms with E-state index in [2.05, 4.69) is 31.3 Å². The number of nitrogens with one attached hydrogen (secondary N) is 1. The van der Waals surface area contributed by atoms with Crippen molar-refractivity contribution in [2.24, 2.45) is 5.73 Å². The molecule has 3 nitrogen and oxygen atoms in total. The van der Waals surface area contributed by atoms with Crippen LogP contribution < -0.4 is 11.1 Å². The van der Waals surface area contributed by atoms with Crippen LogP contribution in [-0.2, 0) is 10.2 Å². The Morgan fingerprint density at radius 3 is 2.47 bits per heavy atom. The summed E-state index contributed by atoms with van der Waals surface area (Å²) in [5.41, 5.74) is 6.50. The van der Waals surface area contributed by atoms with Crippen molar-refractivity contribution in [1.82, 2.24) is 5.32 Å². The molecule has 1 atom stereocenters. The SMILES string of the molecule is C[C@@H](CN)NC(=O)CC(C)(C)c1ccccc1. The molecule has 0 heterocycles. The molecule has 0 aliphatic carbocycles. The smallest absolute Gasteiger partial charge is 0.221 e. The summed E-state index contributed by atoms with van der Waals surface area (Å²) in [5.74, 6) is 0.0526. The summed E-state index contributed by atoms with van der Waals surface area (Å²) in [6.07, 6.45) is 0.474. The third-order valence-corrected chi connectivity index (χ3v) is 2.92. The molecule has 0 fully saturated rings. The van der Waals surface area contributed by atoms with Crippen molar-refractivity contribution in [2.75, 3.05) is 6.54 Å². The maximum atomic E-state index is 11.8. The van der Waals surface area contributed by atoms with Crippen LogP contribution in [0.4, 0.5) is 0 Å². The van der Waals surface area contributed by atoms with Crippen molar-refractivity contribution in [3.63, 3.8) is 0 Å². The standard InChI is InChI=1S/C14H22N2O/c1-11(10-15)16-13(17)9-14(2,3)12-7-5-4-6-8-12/h4-8,11H,9-10,15H2,1-3H3,(H,16,17)/t11-/m0/s1. The van der Waals surface area contributed by atoms with Crippen LogP contribution in [0.3, 0.4) is 0 Å². The lowest BCUT2D eigenvalue weighted by Crippen LogP contribution is -2.40. The van der Waals surface area contributed by atoms with E-state index in [-0.39, 0.29) is 17.4 Å². The molecular weight excluding hydrogens is 212 g/mol. The molecule has 17 heavy (non-hydrogen) atoms. The summed E-state index contributed by atoms with van der Waals surface area (Å²) in [4.78, 5) is 11.8. The molecule has 0 aromatic heterocycles. The molecule has 3 heteroatoms. The zero-order valence-corrected chi connectivity index (χ0v) is 10.9. The minimum atomic E-state index is -0.153. The molecule has 1 amide bonds. The first-order valence-electron chi connectivity index (χ1n) is 6.00. The molecule has 0 aliphatic rings. The Balaban J connectivity index is 2.64. The summed E-state index contributed by atoms with van der Waals surface area (Å²) < 4.78 is 0. The van der Waals surface area contributed by atoms with Crippen LogP contribution in [0.2, 0.25) is 0 Å². The van der Waals surface area contributed by atoms with Crippen LogP contribution in [0.5, 0.6) is 0 Å². The maximum Gasteiger partial charge on any atom is 0.221 e. The van der Waals surface area contributed by atoms with Crippen molar-refractivity contribution in [1.29, 1.82) is 0 Å². The lowest BCUT2D eigenvalue weighted by Gasteiger charge is -2.25. The van der Waals surface area contributed by atoms with E-state index in [4.69, 9.17) is 5.73 Å². The van der Waals surface area contributed by atoms with Crippen molar-refractivity contribution in [3.8, 4) is 0 Å². The fourth-order valence-corrected chi connectivity index (χ4v) is 1.78. The Kier molecular flexibility index (Phi) is 4.70. The molecule has 0 bridgehead atoms. The minimum absolute atomic E-state index is 0.0362. The average Bonchev–Trinajstić information content (AvgIpc) is 2.29. The number of carbonyl (C=O) groups excluding carboxylic acids is 1. The second-order valence-corrected chi connectivity index (χ2v) is 5.13. The van der Waals surface area contributed by atoms with Gasteiger partial charge >= 0.3 is 0 Å². The van der Waals surface area contributed by atoms with Crippen LogP contribution >= 0.6 is 0 Å². The Bertz CT molecular complexity index is 360. The predicted molar refractivity (Wildman–Crippen MR) is 70.7 cm³/mol. The summed E-state index contributed by atoms with van der Waals surface area (Å²) in [7, 11) is 0. The van der Waals surface area contributed by atoms with Gasteiger partial charge in [-0.15, -0.1) is 0 Å². The van der Waals surface area contributed by atoms with Gasteiger partial charge in [0, 0.05) is 19.0 Å². The number of carbonyl (C=O) groups is 1. The molecule has 0 radical (unpaired) electrons. The van der Waals surface area contributed by atoms with Crippen LogP contribution in [0, 0.1) is 0 Å². The predicted octanol–water partition coefficient (Wildman–Crippen LogP) is 1.82. The monoisotopic (exact) mass is 234 g/mol. The highest BCUT2D eigenvalue weighted by molar-refractivity contribution is 5.77. The Morgan fingerprint density at radius 2 is 1.94 bits per heavy atom. The van der Waals surface area contributed by atoms with Gasteiger partial charge < -0.3 is 11.1 Å². The Labute approximate surface area is 103 Å². The number of benzene rings is 1. The third-order valence-electron chi connectivity index (χ3n) is 2.92. The molecule has 1 rings (SSSR count). The fourth-order valence-electron chi connectivity index (χ4n) is 1.78. The van der Waals surface area contributed by atoms with Gasteiger partial charge in [0.05, 0.1) is 0 Å². The molecule has 0 saturated carbocycles. The molecule has 0 aliphatic heterocycles. The van der Waals surface area contributed by atoms with Gasteiger partial charge in [0.25, 0.3) is 0 Å². The molecular formula is C14H22N2O. The number of rotatable bonds is 5. The van der Waals surface area contributed by atoms with Crippen molar-refractivity contribution in [2.45, 2.75) is 38.6 Å². The number of amides is 1. The Morgan fingerprint density at radius 1 is 1.35 bits per heavy atom. The zero-order valence-electron chi connectivity index (χ0n) is 10.9. The van der Waals surface area contributed by atoms with E-state index in [1.54, 1.807) is 0 Å². The van der Waals surface area contributed by atoms with Crippen molar-refractivity contribution in [3.05, 3.63) is 35.9 Å². The Hall–Kier alpha value is -1.35. The van der Waals surface area contributed by atoms with Crippen molar-refractivity contribution >= 4 is 5.91 Å². The van der Waals surface area contributed by atoms with Crippen LogP contribution in [0.1, 0.15) is 32.8 Å². The first kappa shape index (κ1) is 13.7. The second-order valence-electron chi connectivity index (χ2n) is 5.13. The van der Waals surface area contributed by atoms with Gasteiger partial charge in [0.1, 0.15) is 0 Å². The van der Waals surface area contributed by atoms with E-state index in [9.17, 15) is 4.79 Å². The van der Waals surface area contributed by atoms with E-state index >= 15 is 0 Å². The minimum Gasteiger partial charge on any atom is -0.352 e. The van der Waals surface area contributed by atoms with E-state index in [1.807, 2.05) is 25.1 Å². The highest BCUT2D eigenvalue weighted by Crippen LogP contribution is 2.26. The molecule has 0 saturated heterocycles. The van der Waals surface area contributed by atoms with Gasteiger partial charge in [-0.3, -0.25) is 4.79 Å². The topological polar surface area (TPSA) is 55.1 Å². The molecule has 0 unspecified atom stereocenters. The lowest BCUT2D eigenvalue weighted by atomic mass is 9.81. The van der Waals surface area contributed by atoms with Crippen molar-refractivity contribution < 1.29 is 4.79 Å². The second kappa shape index (κ2) is 5.82. The van der Waals surface area contributed by atoms with Gasteiger partial charge in [-0.05, 0) is 17.9 Å². The molecule has 1 aromatic carbocycles. The third kappa shape index (κ3) is 4.19. The zero-order chi connectivity index (χ0) is 12.9. The van der Waals surface area contributed by atoms with Crippen LogP contribution in [-0.4, -0.2) is 18.5 Å². The quantitative estimate of drug-likeness (QED) is 0.816. The normalized spacial score (nSPS) is 13.2. The fraction of sp³-hybridized carbons (Fsp3) is 0.500. The molecule has 1 aromatic rings. The first-order chi connectivity index (χ1) is 7.95. The summed E-state index contributed by atoms with van der Waals surface area (Å²) in [6.45, 7) is 6.54. The largest absolute Gasteiger partial charge is 0.352 e. The lowest BCUT2D eigenvalue weighted by molar-refractivity contribution is -0.122. The van der Waals surface area contributed by atoms with Gasteiger partial charge in [-0.2, -0.15) is 0 Å². The van der Waals surface area contributed by atoms with E-state index in [1.165, 1.54) is 5.56 Å². The van der Waals surface area contributed by atoms with E-state index in [0.717, 1.165) is 0 Å². The summed E-state index contributed by atoms with van der Waals surface area (Å²) in [5, 5.41) is 2.89. The molecule has 0 spiro atoms. The average molecular weight is 234 g/mol. The number of hydrogen-bond acceptors (Lipinski definition) is 2. The summed E-state index contributed by atoms with van der Waals surface area (Å²) in [6, 6.07) is 10.1. The number of nitrogens with two attached hydrogens (primary N) is 1. The van der Waals surface area contributed by atoms with E-state index in [0.29, 0.717) is 13.0 Å². The highest BCUT2D eigenvalue weighted by atomic mass is 16.1. The maximum absolute atomic E-state index is 11.8. The van der Waals surface area contributed by atoms with E-state index < -0.39 is 0 Å². The summed E-state index contributed by atoms with van der Waals surface area (Å²) >= 11 is 0. The molecule has 3 N–H and O–H groups in total. The van der Waals surface area contributed by atoms with Gasteiger partial charge in [0.15, 0.2) is 0 Å². The molecule has 94 valence electrons. The highest BCUT2D eigenvalue weighted by Gasteiger charge is 2.24. The number of hydrogen-bond donors (Lipinski definition) is 2. The van der Waals surface area contributed by atoms with Gasteiger partial charge in [-0.25, -0.2) is 0 Å². The van der Waals surface area contributed by atoms with Crippen LogP contribution in [0.15, 0.2) is 30.3 Å². The van der Waals surface area contributed by atoms with Gasteiger partial charge in [-0.1, -0.05) is 44.2 Å².